The molecule has 9 nitrogen and oxygen atoms in total. The van der Waals surface area contributed by atoms with Crippen LogP contribution >= 0.6 is 0 Å². The van der Waals surface area contributed by atoms with E-state index in [0.717, 1.165) is 21.9 Å². The van der Waals surface area contributed by atoms with E-state index < -0.39 is 28.5 Å². The number of carbonyl (C=O) groups excluding carboxylic acids is 2. The first-order chi connectivity index (χ1) is 19.7. The maximum atomic E-state index is 14.2. The maximum Gasteiger partial charge on any atom is 0.264 e. The SMILES string of the molecule is CCCNC(=O)[C@@H](CC)N(Cc1ccc(C)cc1)C(=O)CN(c1cc(OC)ccc1OC)S(=O)(=O)c1ccccc1. The first kappa shape index (κ1) is 31.5. The lowest BCUT2D eigenvalue weighted by Crippen LogP contribution is -2.52. The molecule has 0 spiro atoms. The van der Waals surface area contributed by atoms with Crippen molar-refractivity contribution < 1.29 is 27.5 Å². The van der Waals surface area contributed by atoms with Crippen LogP contribution in [0.5, 0.6) is 11.5 Å². The highest BCUT2D eigenvalue weighted by atomic mass is 32.2. The Balaban J connectivity index is 2.12. The van der Waals surface area contributed by atoms with Gasteiger partial charge in [0.15, 0.2) is 0 Å². The fourth-order valence-corrected chi connectivity index (χ4v) is 5.84. The number of aryl methyl sites for hydroxylation is 1. The molecule has 2 amide bonds. The zero-order valence-electron chi connectivity index (χ0n) is 24.3. The van der Waals surface area contributed by atoms with Gasteiger partial charge in [-0.05, 0) is 49.6 Å². The van der Waals surface area contributed by atoms with Crippen LogP contribution in [0.3, 0.4) is 0 Å². The number of ether oxygens (including phenoxy) is 2. The van der Waals surface area contributed by atoms with Crippen molar-refractivity contribution in [2.45, 2.75) is 51.1 Å². The van der Waals surface area contributed by atoms with E-state index in [1.165, 1.54) is 37.3 Å². The largest absolute Gasteiger partial charge is 0.497 e. The number of hydrogen-bond donors (Lipinski definition) is 1. The van der Waals surface area contributed by atoms with Gasteiger partial charge in [-0.25, -0.2) is 8.42 Å². The van der Waals surface area contributed by atoms with E-state index >= 15 is 0 Å². The Hall–Kier alpha value is -4.05. The van der Waals surface area contributed by atoms with Crippen molar-refractivity contribution in [3.05, 3.63) is 83.9 Å². The number of hydrogen-bond acceptors (Lipinski definition) is 6. The second-order valence-electron chi connectivity index (χ2n) is 9.58. The Morgan fingerprint density at radius 3 is 2.20 bits per heavy atom. The molecule has 0 aliphatic rings. The molecule has 10 heteroatoms. The highest BCUT2D eigenvalue weighted by molar-refractivity contribution is 7.92. The fraction of sp³-hybridized carbons (Fsp3) is 0.355. The average Bonchev–Trinajstić information content (AvgIpc) is 2.99. The Morgan fingerprint density at radius 2 is 1.61 bits per heavy atom. The Bertz CT molecular complexity index is 1410. The average molecular weight is 582 g/mol. The van der Waals surface area contributed by atoms with Crippen LogP contribution < -0.4 is 19.1 Å². The molecule has 220 valence electrons. The minimum absolute atomic E-state index is 0.00971. The molecular formula is C31H39N3O6S. The second-order valence-corrected chi connectivity index (χ2v) is 11.4. The van der Waals surface area contributed by atoms with Gasteiger partial charge in [-0.1, -0.05) is 61.9 Å². The summed E-state index contributed by atoms with van der Waals surface area (Å²) in [5.74, 6) is -0.181. The molecule has 0 unspecified atom stereocenters. The molecule has 0 bridgehead atoms. The summed E-state index contributed by atoms with van der Waals surface area (Å²) in [6.07, 6.45) is 1.09. The van der Waals surface area contributed by atoms with Crippen LogP contribution in [0.25, 0.3) is 0 Å². The van der Waals surface area contributed by atoms with E-state index in [4.69, 9.17) is 9.47 Å². The third-order valence-electron chi connectivity index (χ3n) is 6.67. The van der Waals surface area contributed by atoms with Gasteiger partial charge < -0.3 is 19.7 Å². The minimum Gasteiger partial charge on any atom is -0.497 e. The van der Waals surface area contributed by atoms with Crippen molar-refractivity contribution in [3.63, 3.8) is 0 Å². The smallest absolute Gasteiger partial charge is 0.264 e. The molecule has 0 radical (unpaired) electrons. The molecule has 41 heavy (non-hydrogen) atoms. The number of rotatable bonds is 14. The molecular weight excluding hydrogens is 542 g/mol. The number of nitrogens with zero attached hydrogens (tertiary/aromatic N) is 2. The summed E-state index contributed by atoms with van der Waals surface area (Å²) in [6, 6.07) is 19.5. The van der Waals surface area contributed by atoms with Crippen LogP contribution in [0.2, 0.25) is 0 Å². The van der Waals surface area contributed by atoms with Crippen molar-refractivity contribution in [2.24, 2.45) is 0 Å². The predicted octanol–water partition coefficient (Wildman–Crippen LogP) is 4.54. The Kier molecular flexibility index (Phi) is 11.2. The molecule has 0 heterocycles. The first-order valence-corrected chi connectivity index (χ1v) is 15.0. The van der Waals surface area contributed by atoms with Crippen molar-refractivity contribution in [1.29, 1.82) is 0 Å². The number of amides is 2. The third kappa shape index (κ3) is 7.79. The number of benzene rings is 3. The summed E-state index contributed by atoms with van der Waals surface area (Å²) in [5, 5.41) is 2.89. The topological polar surface area (TPSA) is 105 Å². The second kappa shape index (κ2) is 14.5. The molecule has 0 saturated carbocycles. The number of carbonyl (C=O) groups is 2. The normalized spacial score (nSPS) is 11.8. The number of nitrogens with one attached hydrogen (secondary N) is 1. The van der Waals surface area contributed by atoms with Crippen LogP contribution in [-0.4, -0.2) is 58.5 Å². The van der Waals surface area contributed by atoms with Gasteiger partial charge in [-0.3, -0.25) is 13.9 Å². The zero-order valence-corrected chi connectivity index (χ0v) is 25.1. The predicted molar refractivity (Wildman–Crippen MR) is 160 cm³/mol. The van der Waals surface area contributed by atoms with Crippen molar-refractivity contribution in [2.75, 3.05) is 31.6 Å². The molecule has 3 rings (SSSR count). The van der Waals surface area contributed by atoms with E-state index in [0.29, 0.717) is 18.7 Å². The summed E-state index contributed by atoms with van der Waals surface area (Å²) in [7, 11) is -1.34. The number of methoxy groups -OCH3 is 2. The van der Waals surface area contributed by atoms with Crippen LogP contribution in [-0.2, 0) is 26.2 Å². The van der Waals surface area contributed by atoms with Gasteiger partial charge in [-0.2, -0.15) is 0 Å². The van der Waals surface area contributed by atoms with Gasteiger partial charge in [0.2, 0.25) is 11.8 Å². The van der Waals surface area contributed by atoms with E-state index in [1.54, 1.807) is 30.3 Å². The standard InChI is InChI=1S/C31H39N3O6S/c1-6-19-32-31(36)27(7-2)33(21-24-15-13-23(3)14-16-24)30(35)22-34(41(37,38)26-11-9-8-10-12-26)28-20-25(39-4)17-18-29(28)40-5/h8-18,20,27H,6-7,19,21-22H2,1-5H3,(H,32,36)/t27-/m1/s1. The summed E-state index contributed by atoms with van der Waals surface area (Å²) in [5.41, 5.74) is 2.02. The molecule has 3 aromatic rings. The molecule has 0 saturated heterocycles. The fourth-order valence-electron chi connectivity index (χ4n) is 4.40. The monoisotopic (exact) mass is 581 g/mol. The quantitative estimate of drug-likeness (QED) is 0.300. The van der Waals surface area contributed by atoms with Gasteiger partial charge in [0, 0.05) is 19.2 Å². The van der Waals surface area contributed by atoms with Gasteiger partial charge in [0.05, 0.1) is 24.8 Å². The summed E-state index contributed by atoms with van der Waals surface area (Å²) in [6.45, 7) is 5.78. The van der Waals surface area contributed by atoms with Crippen LogP contribution in [0, 0.1) is 6.92 Å². The lowest BCUT2D eigenvalue weighted by molar-refractivity contribution is -0.140. The van der Waals surface area contributed by atoms with Crippen molar-refractivity contribution in [1.82, 2.24) is 10.2 Å². The van der Waals surface area contributed by atoms with Crippen LogP contribution in [0.15, 0.2) is 77.7 Å². The number of sulfonamides is 1. The highest BCUT2D eigenvalue weighted by Crippen LogP contribution is 2.36. The maximum absolute atomic E-state index is 14.2. The minimum atomic E-state index is -4.24. The molecule has 0 aromatic heterocycles. The molecule has 0 fully saturated rings. The molecule has 1 N–H and O–H groups in total. The lowest BCUT2D eigenvalue weighted by Gasteiger charge is -2.33. The van der Waals surface area contributed by atoms with Crippen LogP contribution in [0.4, 0.5) is 5.69 Å². The van der Waals surface area contributed by atoms with E-state index in [1.807, 2.05) is 45.0 Å². The molecule has 0 aliphatic heterocycles. The summed E-state index contributed by atoms with van der Waals surface area (Å²) < 4.78 is 40.0. The Labute approximate surface area is 243 Å². The van der Waals surface area contributed by atoms with Gasteiger partial charge in [-0.15, -0.1) is 0 Å². The van der Waals surface area contributed by atoms with Crippen molar-refractivity contribution in [3.8, 4) is 11.5 Å². The lowest BCUT2D eigenvalue weighted by atomic mass is 10.1. The van der Waals surface area contributed by atoms with Gasteiger partial charge >= 0.3 is 0 Å². The molecule has 0 aliphatic carbocycles. The van der Waals surface area contributed by atoms with Gasteiger partial charge in [0.1, 0.15) is 24.1 Å². The highest BCUT2D eigenvalue weighted by Gasteiger charge is 2.34. The van der Waals surface area contributed by atoms with E-state index in [9.17, 15) is 18.0 Å². The molecule has 3 aromatic carbocycles. The third-order valence-corrected chi connectivity index (χ3v) is 8.45. The van der Waals surface area contributed by atoms with Crippen LogP contribution in [0.1, 0.15) is 37.8 Å². The molecule has 1 atom stereocenters. The Morgan fingerprint density at radius 1 is 0.927 bits per heavy atom. The summed E-state index contributed by atoms with van der Waals surface area (Å²) >= 11 is 0. The summed E-state index contributed by atoms with van der Waals surface area (Å²) in [4.78, 5) is 28.8. The number of anilines is 1. The van der Waals surface area contributed by atoms with Crippen molar-refractivity contribution >= 4 is 27.5 Å². The van der Waals surface area contributed by atoms with Gasteiger partial charge in [0.25, 0.3) is 10.0 Å². The zero-order chi connectivity index (χ0) is 30.0. The van der Waals surface area contributed by atoms with E-state index in [2.05, 4.69) is 5.32 Å². The first-order valence-electron chi connectivity index (χ1n) is 13.6. The van der Waals surface area contributed by atoms with E-state index in [-0.39, 0.29) is 28.8 Å².